The molecular weight excluding hydrogens is 390 g/mol. The van der Waals surface area contributed by atoms with Crippen molar-refractivity contribution in [3.8, 4) is 6.07 Å². The highest BCUT2D eigenvalue weighted by Crippen LogP contribution is 2.20. The monoisotopic (exact) mass is 409 g/mol. The molecule has 2 N–H and O–H groups in total. The Bertz CT molecular complexity index is 1180. The fourth-order valence-corrected chi connectivity index (χ4v) is 4.53. The average molecular weight is 409 g/mol. The highest BCUT2D eigenvalue weighted by molar-refractivity contribution is 7.89. The predicted octanol–water partition coefficient (Wildman–Crippen LogP) is 2.43. The predicted molar refractivity (Wildman–Crippen MR) is 107 cm³/mol. The van der Waals surface area contributed by atoms with Gasteiger partial charge in [-0.3, -0.25) is 10.3 Å². The third kappa shape index (κ3) is 4.14. The lowest BCUT2D eigenvalue weighted by Crippen LogP contribution is -2.36. The van der Waals surface area contributed by atoms with Crippen molar-refractivity contribution in [2.75, 3.05) is 13.1 Å². The third-order valence-electron chi connectivity index (χ3n) is 4.62. The van der Waals surface area contributed by atoms with E-state index in [4.69, 9.17) is 10.1 Å². The maximum Gasteiger partial charge on any atom is 0.243 e. The largest absolute Gasteiger partial charge is 0.340 e. The first-order valence-electron chi connectivity index (χ1n) is 9.07. The van der Waals surface area contributed by atoms with Crippen LogP contribution in [0.3, 0.4) is 0 Å². The minimum Gasteiger partial charge on any atom is -0.340 e. The number of rotatable bonds is 6. The molecule has 9 heteroatoms. The number of benzene rings is 2. The van der Waals surface area contributed by atoms with Gasteiger partial charge in [0.15, 0.2) is 0 Å². The van der Waals surface area contributed by atoms with Crippen LogP contribution in [0.15, 0.2) is 65.2 Å². The number of hydrogen-bond acceptors (Lipinski definition) is 6. The summed E-state index contributed by atoms with van der Waals surface area (Å²) < 4.78 is 26.9. The number of hydrogen-bond donors (Lipinski definition) is 2. The number of aromatic amines is 1. The number of aromatic nitrogens is 2. The van der Waals surface area contributed by atoms with E-state index in [1.807, 2.05) is 30.3 Å². The van der Waals surface area contributed by atoms with Gasteiger partial charge >= 0.3 is 0 Å². The zero-order valence-corrected chi connectivity index (χ0v) is 16.3. The van der Waals surface area contributed by atoms with Crippen molar-refractivity contribution in [2.24, 2.45) is 0 Å². The number of para-hydroxylation sites is 2. The lowest BCUT2D eigenvalue weighted by atomic mass is 10.2. The van der Waals surface area contributed by atoms with Crippen molar-refractivity contribution < 1.29 is 13.3 Å². The summed E-state index contributed by atoms with van der Waals surface area (Å²) in [4.78, 5) is 13.3. The number of nitrogens with one attached hydrogen (secondary N) is 2. The minimum absolute atomic E-state index is 0.127. The molecule has 0 saturated heterocycles. The highest BCUT2D eigenvalue weighted by Gasteiger charge is 2.26. The summed E-state index contributed by atoms with van der Waals surface area (Å²) >= 11 is 0. The number of hydroxylamine groups is 1. The van der Waals surface area contributed by atoms with Crippen LogP contribution in [0.1, 0.15) is 17.8 Å². The molecule has 1 aromatic heterocycles. The van der Waals surface area contributed by atoms with Crippen molar-refractivity contribution in [2.45, 2.75) is 17.9 Å². The number of sulfonamides is 1. The van der Waals surface area contributed by atoms with Crippen LogP contribution in [-0.4, -0.2) is 35.8 Å². The Morgan fingerprint density at radius 2 is 2.10 bits per heavy atom. The van der Waals surface area contributed by atoms with Crippen molar-refractivity contribution in [3.05, 3.63) is 71.7 Å². The first-order valence-corrected chi connectivity index (χ1v) is 10.5. The van der Waals surface area contributed by atoms with Crippen LogP contribution in [0.2, 0.25) is 0 Å². The Balaban J connectivity index is 1.34. The van der Waals surface area contributed by atoms with Gasteiger partial charge in [-0.15, -0.1) is 0 Å². The van der Waals surface area contributed by atoms with Crippen molar-refractivity contribution in [1.82, 2.24) is 19.8 Å². The number of imidazole rings is 1. The average Bonchev–Trinajstić information content (AvgIpc) is 3.17. The summed E-state index contributed by atoms with van der Waals surface area (Å²) in [5.41, 5.74) is 5.85. The molecule has 0 saturated carbocycles. The maximum absolute atomic E-state index is 12.8. The summed E-state index contributed by atoms with van der Waals surface area (Å²) in [5.74, 6) is 0.705. The quantitative estimate of drug-likeness (QED) is 0.605. The Hall–Kier alpha value is -3.19. The molecule has 0 spiro atoms. The van der Waals surface area contributed by atoms with E-state index >= 15 is 0 Å². The topological polar surface area (TPSA) is 111 Å². The van der Waals surface area contributed by atoms with E-state index in [9.17, 15) is 8.42 Å². The molecule has 8 nitrogen and oxygen atoms in total. The zero-order valence-electron chi connectivity index (χ0n) is 15.5. The van der Waals surface area contributed by atoms with Crippen LogP contribution >= 0.6 is 0 Å². The van der Waals surface area contributed by atoms with Crippen LogP contribution in [0.5, 0.6) is 0 Å². The van der Waals surface area contributed by atoms with E-state index in [-0.39, 0.29) is 18.0 Å². The van der Waals surface area contributed by atoms with Crippen LogP contribution < -0.4 is 5.48 Å². The van der Waals surface area contributed by atoms with E-state index in [1.165, 1.54) is 16.4 Å². The Kier molecular flexibility index (Phi) is 5.31. The van der Waals surface area contributed by atoms with Crippen LogP contribution in [-0.2, 0) is 21.5 Å². The summed E-state index contributed by atoms with van der Waals surface area (Å²) in [7, 11) is -3.64. The molecule has 1 aliphatic rings. The van der Waals surface area contributed by atoms with Gasteiger partial charge in [-0.05, 0) is 36.4 Å². The van der Waals surface area contributed by atoms with Gasteiger partial charge in [-0.1, -0.05) is 18.2 Å². The Morgan fingerprint density at radius 3 is 2.86 bits per heavy atom. The molecule has 0 radical (unpaired) electrons. The second-order valence-electron chi connectivity index (χ2n) is 6.57. The van der Waals surface area contributed by atoms with Crippen molar-refractivity contribution >= 4 is 21.1 Å². The fraction of sp³-hybridized carbons (Fsp3) is 0.200. The third-order valence-corrected chi connectivity index (χ3v) is 6.48. The van der Waals surface area contributed by atoms with E-state index in [2.05, 4.69) is 15.4 Å². The Morgan fingerprint density at radius 1 is 1.24 bits per heavy atom. The molecule has 2 heterocycles. The smallest absolute Gasteiger partial charge is 0.243 e. The summed E-state index contributed by atoms with van der Waals surface area (Å²) in [6.45, 7) is 0.816. The lowest BCUT2D eigenvalue weighted by molar-refractivity contribution is 0.0416. The van der Waals surface area contributed by atoms with Gasteiger partial charge in [0.2, 0.25) is 10.0 Å². The molecule has 0 bridgehead atoms. The second-order valence-corrected chi connectivity index (χ2v) is 8.51. The summed E-state index contributed by atoms with van der Waals surface area (Å²) in [6, 6.07) is 15.8. The van der Waals surface area contributed by atoms with E-state index in [0.717, 1.165) is 16.7 Å². The second kappa shape index (κ2) is 8.05. The molecule has 2 aromatic carbocycles. The molecule has 0 fully saturated rings. The molecule has 4 rings (SSSR count). The van der Waals surface area contributed by atoms with Gasteiger partial charge in [0.1, 0.15) is 12.4 Å². The first-order chi connectivity index (χ1) is 14.1. The molecule has 3 aromatic rings. The van der Waals surface area contributed by atoms with Crippen LogP contribution in [0.25, 0.3) is 11.0 Å². The number of nitrogens with zero attached hydrogens (tertiary/aromatic N) is 3. The fourth-order valence-electron chi connectivity index (χ4n) is 3.11. The van der Waals surface area contributed by atoms with Gasteiger partial charge in [-0.25, -0.2) is 13.4 Å². The van der Waals surface area contributed by atoms with Gasteiger partial charge in [0.05, 0.1) is 27.6 Å². The van der Waals surface area contributed by atoms with Crippen molar-refractivity contribution in [1.29, 1.82) is 5.26 Å². The number of H-pyrrole nitrogens is 1. The molecule has 29 heavy (non-hydrogen) atoms. The summed E-state index contributed by atoms with van der Waals surface area (Å²) in [6.07, 6.45) is 2.28. The SMILES string of the molecule is N#Cc1cccc(S(=O)(=O)N2CC=C(NOCc3nc4ccccc4[nH]3)CC2)c1. The summed E-state index contributed by atoms with van der Waals surface area (Å²) in [5, 5.41) is 8.98. The molecule has 0 amide bonds. The highest BCUT2D eigenvalue weighted by atomic mass is 32.2. The molecule has 0 aliphatic carbocycles. The van der Waals surface area contributed by atoms with E-state index in [1.54, 1.807) is 18.2 Å². The zero-order chi connectivity index (χ0) is 20.3. The van der Waals surface area contributed by atoms with Crippen LogP contribution in [0, 0.1) is 11.3 Å². The molecule has 1 aliphatic heterocycles. The van der Waals surface area contributed by atoms with Gasteiger partial charge in [0, 0.05) is 25.2 Å². The molecule has 0 atom stereocenters. The first kappa shape index (κ1) is 19.1. The molecule has 148 valence electrons. The molecule has 0 unspecified atom stereocenters. The normalized spacial score (nSPS) is 15.1. The van der Waals surface area contributed by atoms with Gasteiger partial charge < -0.3 is 4.98 Å². The van der Waals surface area contributed by atoms with Gasteiger partial charge in [-0.2, -0.15) is 9.57 Å². The van der Waals surface area contributed by atoms with E-state index in [0.29, 0.717) is 24.4 Å². The number of fused-ring (bicyclic) bond motifs is 1. The lowest BCUT2D eigenvalue weighted by Gasteiger charge is -2.26. The number of nitriles is 1. The van der Waals surface area contributed by atoms with Gasteiger partial charge in [0.25, 0.3) is 0 Å². The standard InChI is InChI=1S/C20H19N5O3S/c21-13-15-4-3-5-17(12-15)29(26,27)25-10-8-16(9-11-25)24-28-14-20-22-18-6-1-2-7-19(18)23-20/h1-8,12,24H,9-11,14H2,(H,22,23). The molecular formula is C20H19N5O3S. The minimum atomic E-state index is -3.64. The van der Waals surface area contributed by atoms with E-state index < -0.39 is 10.0 Å². The van der Waals surface area contributed by atoms with Crippen LogP contribution in [0.4, 0.5) is 0 Å². The maximum atomic E-state index is 12.8. The van der Waals surface area contributed by atoms with Crippen molar-refractivity contribution in [3.63, 3.8) is 0 Å². The Labute approximate surface area is 168 Å².